The number of rotatable bonds is 4. The molecule has 4 heteroatoms. The van der Waals surface area contributed by atoms with Crippen molar-refractivity contribution in [2.45, 2.75) is 31.3 Å². The third-order valence-corrected chi connectivity index (χ3v) is 3.84. The number of H-pyrrole nitrogens is 1. The molecule has 0 saturated heterocycles. The minimum absolute atomic E-state index is 0.615. The Morgan fingerprint density at radius 3 is 3.00 bits per heavy atom. The molecule has 1 aromatic carbocycles. The second-order valence-electron chi connectivity index (χ2n) is 4.91. The molecule has 3 rings (SSSR count). The maximum Gasteiger partial charge on any atom is 0.0532 e. The van der Waals surface area contributed by atoms with E-state index in [-0.39, 0.29) is 0 Å². The molecule has 1 aliphatic carbocycles. The normalized spacial score (nSPS) is 22.7. The van der Waals surface area contributed by atoms with Crippen LogP contribution in [0.25, 0.3) is 0 Å². The van der Waals surface area contributed by atoms with E-state index in [9.17, 15) is 0 Å². The van der Waals surface area contributed by atoms with E-state index >= 15 is 0 Å². The lowest BCUT2D eigenvalue weighted by molar-refractivity contribution is 0.289. The van der Waals surface area contributed by atoms with Crippen molar-refractivity contribution in [2.75, 3.05) is 0 Å². The van der Waals surface area contributed by atoms with E-state index in [1.807, 2.05) is 24.5 Å². The van der Waals surface area contributed by atoms with Gasteiger partial charge >= 0.3 is 0 Å². The van der Waals surface area contributed by atoms with Crippen LogP contribution in [-0.4, -0.2) is 16.2 Å². The Labute approximate surface area is 112 Å². The zero-order valence-corrected chi connectivity index (χ0v) is 10.8. The zero-order valence-electron chi connectivity index (χ0n) is 10.1. The quantitative estimate of drug-likeness (QED) is 0.888. The van der Waals surface area contributed by atoms with Crippen LogP contribution < -0.4 is 5.32 Å². The van der Waals surface area contributed by atoms with Crippen molar-refractivity contribution in [3.8, 4) is 0 Å². The summed E-state index contributed by atoms with van der Waals surface area (Å²) in [5, 5.41) is 11.1. The Morgan fingerprint density at radius 2 is 2.28 bits per heavy atom. The molecule has 0 spiro atoms. The number of hydrogen-bond acceptors (Lipinski definition) is 2. The SMILES string of the molecule is Clc1cccc(C2CC(NCc3cn[nH]c3)C2)c1. The van der Waals surface area contributed by atoms with E-state index in [1.165, 1.54) is 24.0 Å². The molecule has 18 heavy (non-hydrogen) atoms. The van der Waals surface area contributed by atoms with Gasteiger partial charge in [-0.15, -0.1) is 0 Å². The van der Waals surface area contributed by atoms with Crippen molar-refractivity contribution in [3.63, 3.8) is 0 Å². The second-order valence-corrected chi connectivity index (χ2v) is 5.34. The van der Waals surface area contributed by atoms with Crippen molar-refractivity contribution >= 4 is 11.6 Å². The molecule has 0 radical (unpaired) electrons. The maximum atomic E-state index is 6.01. The summed E-state index contributed by atoms with van der Waals surface area (Å²) >= 11 is 6.01. The van der Waals surface area contributed by atoms with Crippen LogP contribution in [-0.2, 0) is 6.54 Å². The Balaban J connectivity index is 1.48. The van der Waals surface area contributed by atoms with E-state index in [4.69, 9.17) is 11.6 Å². The van der Waals surface area contributed by atoms with Gasteiger partial charge in [-0.25, -0.2) is 0 Å². The topological polar surface area (TPSA) is 40.7 Å². The summed E-state index contributed by atoms with van der Waals surface area (Å²) in [5.41, 5.74) is 2.57. The fourth-order valence-corrected chi connectivity index (χ4v) is 2.65. The summed E-state index contributed by atoms with van der Waals surface area (Å²) in [6.45, 7) is 0.892. The third kappa shape index (κ3) is 2.57. The van der Waals surface area contributed by atoms with Gasteiger partial charge in [0.2, 0.25) is 0 Å². The number of halogens is 1. The largest absolute Gasteiger partial charge is 0.310 e. The second kappa shape index (κ2) is 5.12. The molecule has 1 fully saturated rings. The molecule has 0 amide bonds. The van der Waals surface area contributed by atoms with Gasteiger partial charge in [-0.1, -0.05) is 23.7 Å². The Morgan fingerprint density at radius 1 is 1.39 bits per heavy atom. The molecular weight excluding hydrogens is 246 g/mol. The minimum atomic E-state index is 0.615. The Hall–Kier alpha value is -1.32. The molecule has 0 aliphatic heterocycles. The lowest BCUT2D eigenvalue weighted by Crippen LogP contribution is -2.39. The van der Waals surface area contributed by atoms with E-state index in [2.05, 4.69) is 27.6 Å². The predicted octanol–water partition coefficient (Wildman–Crippen LogP) is 3.10. The summed E-state index contributed by atoms with van der Waals surface area (Å²) in [6.07, 6.45) is 6.18. The highest BCUT2D eigenvalue weighted by Gasteiger charge is 2.29. The number of aromatic amines is 1. The Bertz CT molecular complexity index is 504. The summed E-state index contributed by atoms with van der Waals surface area (Å²) in [5.74, 6) is 0.658. The first-order valence-corrected chi connectivity index (χ1v) is 6.65. The highest BCUT2D eigenvalue weighted by atomic mass is 35.5. The first-order chi connectivity index (χ1) is 8.81. The summed E-state index contributed by atoms with van der Waals surface area (Å²) in [4.78, 5) is 0. The van der Waals surface area contributed by atoms with Crippen LogP contribution in [0.4, 0.5) is 0 Å². The highest BCUT2D eigenvalue weighted by Crippen LogP contribution is 2.37. The number of aromatic nitrogens is 2. The average molecular weight is 262 g/mol. The van der Waals surface area contributed by atoms with Crippen LogP contribution >= 0.6 is 11.6 Å². The van der Waals surface area contributed by atoms with Crippen LogP contribution in [0.15, 0.2) is 36.7 Å². The molecule has 2 aromatic rings. The number of nitrogens with one attached hydrogen (secondary N) is 2. The van der Waals surface area contributed by atoms with Crippen LogP contribution in [0.3, 0.4) is 0 Å². The van der Waals surface area contributed by atoms with Gasteiger partial charge in [0, 0.05) is 29.4 Å². The zero-order chi connectivity index (χ0) is 12.4. The Kier molecular flexibility index (Phi) is 3.35. The molecule has 0 atom stereocenters. The summed E-state index contributed by atoms with van der Waals surface area (Å²) in [6, 6.07) is 8.83. The monoisotopic (exact) mass is 261 g/mol. The molecular formula is C14H16ClN3. The van der Waals surface area contributed by atoms with Crippen molar-refractivity contribution in [1.29, 1.82) is 0 Å². The molecule has 3 nitrogen and oxygen atoms in total. The first-order valence-electron chi connectivity index (χ1n) is 6.28. The van der Waals surface area contributed by atoms with Crippen LogP contribution in [0, 0.1) is 0 Å². The van der Waals surface area contributed by atoms with Gasteiger partial charge in [-0.3, -0.25) is 5.10 Å². The van der Waals surface area contributed by atoms with Gasteiger partial charge in [-0.2, -0.15) is 5.10 Å². The van der Waals surface area contributed by atoms with E-state index in [0.717, 1.165) is 11.6 Å². The van der Waals surface area contributed by atoms with Crippen LogP contribution in [0.2, 0.25) is 5.02 Å². The molecule has 1 heterocycles. The van der Waals surface area contributed by atoms with Crippen molar-refractivity contribution in [2.24, 2.45) is 0 Å². The van der Waals surface area contributed by atoms with Gasteiger partial charge in [0.1, 0.15) is 0 Å². The van der Waals surface area contributed by atoms with Gasteiger partial charge in [0.25, 0.3) is 0 Å². The summed E-state index contributed by atoms with van der Waals surface area (Å²) in [7, 11) is 0. The smallest absolute Gasteiger partial charge is 0.0532 e. The van der Waals surface area contributed by atoms with E-state index in [1.54, 1.807) is 0 Å². The molecule has 0 bridgehead atoms. The van der Waals surface area contributed by atoms with E-state index < -0.39 is 0 Å². The fourth-order valence-electron chi connectivity index (χ4n) is 2.45. The molecule has 0 unspecified atom stereocenters. The van der Waals surface area contributed by atoms with Crippen LogP contribution in [0.5, 0.6) is 0 Å². The van der Waals surface area contributed by atoms with Gasteiger partial charge in [0.15, 0.2) is 0 Å². The first kappa shape index (κ1) is 11.8. The number of benzene rings is 1. The molecule has 94 valence electrons. The summed E-state index contributed by atoms with van der Waals surface area (Å²) < 4.78 is 0. The number of hydrogen-bond donors (Lipinski definition) is 2. The molecule has 1 aromatic heterocycles. The molecule has 1 aliphatic rings. The fraction of sp³-hybridized carbons (Fsp3) is 0.357. The van der Waals surface area contributed by atoms with Gasteiger partial charge < -0.3 is 5.32 Å². The maximum absolute atomic E-state index is 6.01. The predicted molar refractivity (Wildman–Crippen MR) is 72.6 cm³/mol. The van der Waals surface area contributed by atoms with E-state index in [0.29, 0.717) is 12.0 Å². The lowest BCUT2D eigenvalue weighted by atomic mass is 9.76. The van der Waals surface area contributed by atoms with Gasteiger partial charge in [0.05, 0.1) is 6.20 Å². The van der Waals surface area contributed by atoms with Crippen molar-refractivity contribution < 1.29 is 0 Å². The molecule has 1 saturated carbocycles. The minimum Gasteiger partial charge on any atom is -0.310 e. The molecule has 2 N–H and O–H groups in total. The number of nitrogens with zero attached hydrogens (tertiary/aromatic N) is 1. The van der Waals surface area contributed by atoms with Crippen molar-refractivity contribution in [1.82, 2.24) is 15.5 Å². The lowest BCUT2D eigenvalue weighted by Gasteiger charge is -2.36. The standard InChI is InChI=1S/C14H16ClN3/c15-13-3-1-2-11(4-13)12-5-14(6-12)16-7-10-8-17-18-9-10/h1-4,8-9,12,14,16H,5-7H2,(H,17,18). The van der Waals surface area contributed by atoms with Gasteiger partial charge in [-0.05, 0) is 36.5 Å². The third-order valence-electron chi connectivity index (χ3n) is 3.61. The average Bonchev–Trinajstić information content (AvgIpc) is 2.80. The highest BCUT2D eigenvalue weighted by molar-refractivity contribution is 6.30. The van der Waals surface area contributed by atoms with Crippen molar-refractivity contribution in [3.05, 3.63) is 52.8 Å². The van der Waals surface area contributed by atoms with Crippen LogP contribution in [0.1, 0.15) is 29.9 Å².